The van der Waals surface area contributed by atoms with E-state index in [-0.39, 0.29) is 0 Å². The predicted molar refractivity (Wildman–Crippen MR) is 74.7 cm³/mol. The topological polar surface area (TPSA) is 60.9 Å². The van der Waals surface area contributed by atoms with Gasteiger partial charge >= 0.3 is 0 Å². The molecule has 0 radical (unpaired) electrons. The number of aromatic nitrogens is 2. The van der Waals surface area contributed by atoms with Crippen LogP contribution in [0.25, 0.3) is 11.0 Å². The number of fused-ring (bicyclic) bond motifs is 1. The van der Waals surface area contributed by atoms with Crippen LogP contribution in [0.4, 0.5) is 0 Å². The second kappa shape index (κ2) is 5.12. The molecular weight excluding hydrogens is 238 g/mol. The smallest absolute Gasteiger partial charge is 0.137 e. The van der Waals surface area contributed by atoms with Gasteiger partial charge in [0.05, 0.1) is 0 Å². The van der Waals surface area contributed by atoms with Crippen LogP contribution in [0.5, 0.6) is 5.75 Å². The third kappa shape index (κ3) is 2.44. The van der Waals surface area contributed by atoms with Gasteiger partial charge in [0.1, 0.15) is 11.4 Å². The van der Waals surface area contributed by atoms with E-state index in [0.29, 0.717) is 12.3 Å². The monoisotopic (exact) mass is 253 g/mol. The van der Waals surface area contributed by atoms with Crippen LogP contribution in [0.15, 0.2) is 48.8 Å². The van der Waals surface area contributed by atoms with Gasteiger partial charge in [0.25, 0.3) is 0 Å². The number of benzene rings is 1. The van der Waals surface area contributed by atoms with Crippen LogP contribution in [0, 0.1) is 0 Å². The number of para-hydroxylation sites is 1. The highest BCUT2D eigenvalue weighted by molar-refractivity contribution is 5.79. The number of phenols is 1. The molecule has 0 fully saturated rings. The molecule has 0 amide bonds. The molecule has 0 saturated carbocycles. The Labute approximate surface area is 111 Å². The van der Waals surface area contributed by atoms with Gasteiger partial charge in [0.2, 0.25) is 0 Å². The molecule has 3 aromatic rings. The molecule has 2 heterocycles. The molecule has 1 aromatic carbocycles. The predicted octanol–water partition coefficient (Wildman–Crippen LogP) is 2.56. The first-order valence-corrected chi connectivity index (χ1v) is 6.23. The van der Waals surface area contributed by atoms with Gasteiger partial charge in [-0.1, -0.05) is 18.2 Å². The Morgan fingerprint density at radius 2 is 1.89 bits per heavy atom. The lowest BCUT2D eigenvalue weighted by atomic mass is 10.2. The van der Waals surface area contributed by atoms with Crippen LogP contribution in [-0.4, -0.2) is 15.1 Å². The largest absolute Gasteiger partial charge is 0.508 e. The third-order valence-electron chi connectivity index (χ3n) is 3.16. The van der Waals surface area contributed by atoms with Gasteiger partial charge in [-0.3, -0.25) is 0 Å². The molecule has 0 unspecified atom stereocenters. The van der Waals surface area contributed by atoms with Crippen LogP contribution in [0.3, 0.4) is 0 Å². The average molecular weight is 253 g/mol. The maximum atomic E-state index is 9.68. The normalized spacial score (nSPS) is 10.9. The van der Waals surface area contributed by atoms with Gasteiger partial charge < -0.3 is 15.4 Å². The lowest BCUT2D eigenvalue weighted by molar-refractivity contribution is 0.464. The maximum Gasteiger partial charge on any atom is 0.137 e. The van der Waals surface area contributed by atoms with E-state index in [1.165, 1.54) is 5.56 Å². The molecule has 3 rings (SSSR count). The molecule has 19 heavy (non-hydrogen) atoms. The summed E-state index contributed by atoms with van der Waals surface area (Å²) in [5.74, 6) is 0.329. The summed E-state index contributed by atoms with van der Waals surface area (Å²) in [6.45, 7) is 1.37. The van der Waals surface area contributed by atoms with Crippen LogP contribution < -0.4 is 5.32 Å². The fraction of sp³-hybridized carbons (Fsp3) is 0.133. The molecule has 0 saturated heterocycles. The van der Waals surface area contributed by atoms with E-state index in [2.05, 4.69) is 21.4 Å². The second-order valence-electron chi connectivity index (χ2n) is 4.45. The minimum absolute atomic E-state index is 0.329. The molecular formula is C15H15N3O. The Balaban J connectivity index is 1.68. The van der Waals surface area contributed by atoms with Gasteiger partial charge in [0, 0.05) is 36.4 Å². The molecule has 3 N–H and O–H groups in total. The molecule has 4 heteroatoms. The number of aromatic hydroxyl groups is 1. The van der Waals surface area contributed by atoms with Crippen molar-refractivity contribution in [3.8, 4) is 5.75 Å². The summed E-state index contributed by atoms with van der Waals surface area (Å²) >= 11 is 0. The lowest BCUT2D eigenvalue weighted by Crippen LogP contribution is -2.12. The van der Waals surface area contributed by atoms with E-state index < -0.39 is 0 Å². The van der Waals surface area contributed by atoms with Crippen LogP contribution >= 0.6 is 0 Å². The minimum Gasteiger partial charge on any atom is -0.508 e. The van der Waals surface area contributed by atoms with Crippen LogP contribution in [0.2, 0.25) is 0 Å². The highest BCUT2D eigenvalue weighted by Crippen LogP contribution is 2.17. The molecule has 0 atom stereocenters. The van der Waals surface area contributed by atoms with Crippen molar-refractivity contribution >= 4 is 11.0 Å². The van der Waals surface area contributed by atoms with E-state index in [9.17, 15) is 5.11 Å². The van der Waals surface area contributed by atoms with Crippen molar-refractivity contribution in [2.24, 2.45) is 0 Å². The van der Waals surface area contributed by atoms with Crippen molar-refractivity contribution in [3.05, 3.63) is 59.9 Å². The number of aromatic amines is 1. The zero-order valence-corrected chi connectivity index (χ0v) is 10.4. The van der Waals surface area contributed by atoms with E-state index in [1.54, 1.807) is 12.3 Å². The SMILES string of the molecule is Oc1ccccc1CNCc1c[nH]c2ncccc12. The average Bonchev–Trinajstić information content (AvgIpc) is 2.85. The fourth-order valence-electron chi connectivity index (χ4n) is 2.15. The van der Waals surface area contributed by atoms with Crippen molar-refractivity contribution in [1.29, 1.82) is 0 Å². The molecule has 0 bridgehead atoms. The third-order valence-corrected chi connectivity index (χ3v) is 3.16. The van der Waals surface area contributed by atoms with Gasteiger partial charge in [-0.2, -0.15) is 0 Å². The molecule has 4 nitrogen and oxygen atoms in total. The number of nitrogens with zero attached hydrogens (tertiary/aromatic N) is 1. The van der Waals surface area contributed by atoms with E-state index in [4.69, 9.17) is 0 Å². The van der Waals surface area contributed by atoms with Crippen molar-refractivity contribution in [1.82, 2.24) is 15.3 Å². The van der Waals surface area contributed by atoms with E-state index >= 15 is 0 Å². The summed E-state index contributed by atoms with van der Waals surface area (Å²) in [5.41, 5.74) is 2.99. The summed E-state index contributed by atoms with van der Waals surface area (Å²) in [6, 6.07) is 11.3. The number of hydrogen-bond donors (Lipinski definition) is 3. The lowest BCUT2D eigenvalue weighted by Gasteiger charge is -2.06. The van der Waals surface area contributed by atoms with Gasteiger partial charge in [-0.05, 0) is 23.8 Å². The van der Waals surface area contributed by atoms with Gasteiger partial charge in [-0.15, -0.1) is 0 Å². The standard InChI is InChI=1S/C15H15N3O/c19-14-6-2-1-4-11(14)8-16-9-12-10-18-15-13(12)5-3-7-17-15/h1-7,10,16,19H,8-9H2,(H,17,18). The minimum atomic E-state index is 0.329. The Morgan fingerprint density at radius 3 is 2.79 bits per heavy atom. The number of pyridine rings is 1. The molecule has 0 aliphatic carbocycles. The number of phenolic OH excluding ortho intramolecular Hbond substituents is 1. The number of nitrogens with one attached hydrogen (secondary N) is 2. The Hall–Kier alpha value is -2.33. The molecule has 0 aliphatic heterocycles. The summed E-state index contributed by atoms with van der Waals surface area (Å²) in [7, 11) is 0. The highest BCUT2D eigenvalue weighted by atomic mass is 16.3. The Morgan fingerprint density at radius 1 is 1.05 bits per heavy atom. The zero-order chi connectivity index (χ0) is 13.1. The van der Waals surface area contributed by atoms with Crippen molar-refractivity contribution in [2.45, 2.75) is 13.1 Å². The van der Waals surface area contributed by atoms with Crippen molar-refractivity contribution in [3.63, 3.8) is 0 Å². The molecule has 0 aliphatic rings. The first-order valence-electron chi connectivity index (χ1n) is 6.23. The molecule has 2 aromatic heterocycles. The molecule has 96 valence electrons. The summed E-state index contributed by atoms with van der Waals surface area (Å²) in [5, 5.41) is 14.1. The van der Waals surface area contributed by atoms with Gasteiger partial charge in [0.15, 0.2) is 0 Å². The Bertz CT molecular complexity index is 690. The van der Waals surface area contributed by atoms with Crippen molar-refractivity contribution < 1.29 is 5.11 Å². The maximum absolute atomic E-state index is 9.68. The quantitative estimate of drug-likeness (QED) is 0.669. The summed E-state index contributed by atoms with van der Waals surface area (Å²) in [4.78, 5) is 7.41. The second-order valence-corrected chi connectivity index (χ2v) is 4.45. The van der Waals surface area contributed by atoms with E-state index in [1.807, 2.05) is 30.5 Å². The van der Waals surface area contributed by atoms with Crippen LogP contribution in [0.1, 0.15) is 11.1 Å². The fourth-order valence-corrected chi connectivity index (χ4v) is 2.15. The highest BCUT2D eigenvalue weighted by Gasteiger charge is 2.04. The van der Waals surface area contributed by atoms with Crippen molar-refractivity contribution in [2.75, 3.05) is 0 Å². The first-order chi connectivity index (χ1) is 9.34. The summed E-state index contributed by atoms with van der Waals surface area (Å²) < 4.78 is 0. The summed E-state index contributed by atoms with van der Waals surface area (Å²) in [6.07, 6.45) is 3.74. The molecule has 0 spiro atoms. The zero-order valence-electron chi connectivity index (χ0n) is 10.4. The Kier molecular flexibility index (Phi) is 3.16. The van der Waals surface area contributed by atoms with Crippen LogP contribution in [-0.2, 0) is 13.1 Å². The first kappa shape index (κ1) is 11.7. The van der Waals surface area contributed by atoms with E-state index in [0.717, 1.165) is 23.1 Å². The van der Waals surface area contributed by atoms with Gasteiger partial charge in [-0.25, -0.2) is 4.98 Å². The number of hydrogen-bond acceptors (Lipinski definition) is 3. The number of H-pyrrole nitrogens is 1. The number of rotatable bonds is 4.